The Kier molecular flexibility index (Phi) is 8.25. The Morgan fingerprint density at radius 1 is 1.10 bits per heavy atom. The van der Waals surface area contributed by atoms with Crippen molar-refractivity contribution >= 4 is 17.7 Å². The quantitative estimate of drug-likeness (QED) is 0.591. The molecule has 0 saturated heterocycles. The molecule has 7 nitrogen and oxygen atoms in total. The molecule has 0 bridgehead atoms. The van der Waals surface area contributed by atoms with E-state index in [0.29, 0.717) is 35.5 Å². The molecule has 8 heteroatoms. The van der Waals surface area contributed by atoms with Crippen LogP contribution in [0.2, 0.25) is 0 Å². The van der Waals surface area contributed by atoms with Crippen molar-refractivity contribution < 1.29 is 19.0 Å². The smallest absolute Gasteiger partial charge is 0.230 e. The average Bonchev–Trinajstić information content (AvgIpc) is 2.97. The molecule has 29 heavy (non-hydrogen) atoms. The van der Waals surface area contributed by atoms with Crippen LogP contribution in [0.15, 0.2) is 17.3 Å². The van der Waals surface area contributed by atoms with Gasteiger partial charge in [0.05, 0.1) is 32.8 Å². The van der Waals surface area contributed by atoms with Crippen LogP contribution in [0, 0.1) is 19.8 Å². The number of aromatic nitrogens is 2. The number of carbonyl (C=O) groups is 1. The van der Waals surface area contributed by atoms with Gasteiger partial charge in [-0.2, -0.15) is 0 Å². The number of aryl methyl sites for hydroxylation is 1. The van der Waals surface area contributed by atoms with Gasteiger partial charge < -0.3 is 24.1 Å². The second-order valence-electron chi connectivity index (χ2n) is 7.15. The van der Waals surface area contributed by atoms with Crippen LogP contribution in [0.1, 0.15) is 30.8 Å². The van der Waals surface area contributed by atoms with Crippen molar-refractivity contribution in [3.63, 3.8) is 0 Å². The van der Waals surface area contributed by atoms with Gasteiger partial charge in [0.2, 0.25) is 5.91 Å². The van der Waals surface area contributed by atoms with Gasteiger partial charge in [-0.1, -0.05) is 25.6 Å². The Morgan fingerprint density at radius 2 is 1.72 bits per heavy atom. The van der Waals surface area contributed by atoms with Crippen molar-refractivity contribution in [3.05, 3.63) is 29.1 Å². The molecule has 0 saturated carbocycles. The molecular weight excluding hydrogens is 390 g/mol. The molecule has 1 amide bonds. The lowest BCUT2D eigenvalue weighted by atomic mass is 10.1. The number of hydrogen-bond donors (Lipinski definition) is 1. The highest BCUT2D eigenvalue weighted by Gasteiger charge is 2.16. The van der Waals surface area contributed by atoms with Crippen LogP contribution in [0.25, 0.3) is 0 Å². The predicted molar refractivity (Wildman–Crippen MR) is 115 cm³/mol. The number of methoxy groups -OCH3 is 3. The number of nitrogens with one attached hydrogen (secondary N) is 1. The Balaban J connectivity index is 2.02. The normalized spacial score (nSPS) is 10.9. The Bertz CT molecular complexity index is 849. The maximum Gasteiger partial charge on any atom is 0.230 e. The first-order valence-corrected chi connectivity index (χ1v) is 10.5. The van der Waals surface area contributed by atoms with E-state index in [1.807, 2.05) is 13.0 Å². The van der Waals surface area contributed by atoms with Crippen LogP contribution in [0.5, 0.6) is 17.2 Å². The molecule has 0 aliphatic rings. The van der Waals surface area contributed by atoms with Gasteiger partial charge in [0, 0.05) is 30.4 Å². The number of thioether (sulfide) groups is 1. The highest BCUT2D eigenvalue weighted by molar-refractivity contribution is 7.99. The number of imidazole rings is 1. The van der Waals surface area contributed by atoms with E-state index in [1.165, 1.54) is 11.8 Å². The fraction of sp³-hybridized carbons (Fsp3) is 0.524. The summed E-state index contributed by atoms with van der Waals surface area (Å²) in [7, 11) is 4.73. The van der Waals surface area contributed by atoms with E-state index in [-0.39, 0.29) is 5.91 Å². The van der Waals surface area contributed by atoms with Crippen molar-refractivity contribution in [1.29, 1.82) is 0 Å². The van der Waals surface area contributed by atoms with Gasteiger partial charge in [-0.3, -0.25) is 4.79 Å². The summed E-state index contributed by atoms with van der Waals surface area (Å²) in [5.41, 5.74) is 2.97. The predicted octanol–water partition coefficient (Wildman–Crippen LogP) is 3.59. The van der Waals surface area contributed by atoms with E-state index in [9.17, 15) is 4.79 Å². The van der Waals surface area contributed by atoms with Crippen molar-refractivity contribution in [2.45, 2.75) is 45.9 Å². The zero-order valence-corrected chi connectivity index (χ0v) is 19.1. The number of carbonyl (C=O) groups excluding carboxylic acids is 1. The number of rotatable bonds is 10. The van der Waals surface area contributed by atoms with Crippen molar-refractivity contribution in [2.75, 3.05) is 27.1 Å². The van der Waals surface area contributed by atoms with Crippen LogP contribution < -0.4 is 19.5 Å². The van der Waals surface area contributed by atoms with Crippen LogP contribution >= 0.6 is 11.8 Å². The number of benzene rings is 1. The van der Waals surface area contributed by atoms with Gasteiger partial charge in [0.25, 0.3) is 0 Å². The maximum absolute atomic E-state index is 12.4. The third-order valence-electron chi connectivity index (χ3n) is 4.57. The Labute approximate surface area is 177 Å². The van der Waals surface area contributed by atoms with Crippen molar-refractivity contribution in [3.8, 4) is 17.2 Å². The van der Waals surface area contributed by atoms with Gasteiger partial charge >= 0.3 is 0 Å². The summed E-state index contributed by atoms with van der Waals surface area (Å²) in [6.45, 7) is 9.64. The molecule has 0 fully saturated rings. The maximum atomic E-state index is 12.4. The summed E-state index contributed by atoms with van der Waals surface area (Å²) in [5.74, 6) is 2.54. The zero-order chi connectivity index (χ0) is 21.6. The fourth-order valence-electron chi connectivity index (χ4n) is 2.92. The summed E-state index contributed by atoms with van der Waals surface area (Å²) in [6.07, 6.45) is 0. The standard InChI is InChI=1S/C21H31N3O4S/c1-13(2)11-24-15(4)14(3)23-21(24)29-12-20(25)22-10-16-8-18(27-6)19(28-7)9-17(16)26-5/h8-9,13H,10-12H2,1-7H3,(H,22,25). The summed E-state index contributed by atoms with van der Waals surface area (Å²) in [5, 5.41) is 3.82. The molecule has 2 rings (SSSR count). The number of nitrogens with zero attached hydrogens (tertiary/aromatic N) is 2. The highest BCUT2D eigenvalue weighted by atomic mass is 32.2. The summed E-state index contributed by atoms with van der Waals surface area (Å²) in [6, 6.07) is 3.57. The molecule has 1 aromatic heterocycles. The van der Waals surface area contributed by atoms with Crippen LogP contribution in [0.3, 0.4) is 0 Å². The number of ether oxygens (including phenoxy) is 3. The minimum Gasteiger partial charge on any atom is -0.496 e. The van der Waals surface area contributed by atoms with E-state index in [1.54, 1.807) is 27.4 Å². The minimum atomic E-state index is -0.0683. The average molecular weight is 422 g/mol. The van der Waals surface area contributed by atoms with Crippen LogP contribution in [0.4, 0.5) is 0 Å². The second-order valence-corrected chi connectivity index (χ2v) is 8.10. The molecule has 1 aromatic carbocycles. The van der Waals surface area contributed by atoms with E-state index < -0.39 is 0 Å². The molecular formula is C21H31N3O4S. The molecule has 2 aromatic rings. The largest absolute Gasteiger partial charge is 0.496 e. The van der Waals surface area contributed by atoms with Gasteiger partial charge in [-0.15, -0.1) is 0 Å². The third-order valence-corrected chi connectivity index (χ3v) is 5.54. The molecule has 0 aliphatic heterocycles. The molecule has 160 valence electrons. The van der Waals surface area contributed by atoms with Gasteiger partial charge in [-0.25, -0.2) is 4.98 Å². The lowest BCUT2D eigenvalue weighted by molar-refractivity contribution is -0.118. The van der Waals surface area contributed by atoms with E-state index in [0.717, 1.165) is 28.7 Å². The van der Waals surface area contributed by atoms with Gasteiger partial charge in [0.1, 0.15) is 5.75 Å². The lowest BCUT2D eigenvalue weighted by Gasteiger charge is -2.15. The van der Waals surface area contributed by atoms with Crippen LogP contribution in [-0.2, 0) is 17.9 Å². The molecule has 0 unspecified atom stereocenters. The SMILES string of the molecule is COc1cc(OC)c(OC)cc1CNC(=O)CSc1nc(C)c(C)n1CC(C)C. The fourth-order valence-corrected chi connectivity index (χ4v) is 3.85. The van der Waals surface area contributed by atoms with E-state index >= 15 is 0 Å². The molecule has 0 aliphatic carbocycles. The third kappa shape index (κ3) is 5.82. The summed E-state index contributed by atoms with van der Waals surface area (Å²) in [4.78, 5) is 17.0. The van der Waals surface area contributed by atoms with E-state index in [2.05, 4.69) is 35.6 Å². The van der Waals surface area contributed by atoms with E-state index in [4.69, 9.17) is 14.2 Å². The summed E-state index contributed by atoms with van der Waals surface area (Å²) >= 11 is 1.45. The molecule has 1 N–H and O–H groups in total. The van der Waals surface area contributed by atoms with Crippen molar-refractivity contribution in [1.82, 2.24) is 14.9 Å². The van der Waals surface area contributed by atoms with Gasteiger partial charge in [0.15, 0.2) is 16.7 Å². The molecule has 0 radical (unpaired) electrons. The highest BCUT2D eigenvalue weighted by Crippen LogP contribution is 2.34. The molecule has 0 atom stereocenters. The first-order valence-electron chi connectivity index (χ1n) is 9.52. The van der Waals surface area contributed by atoms with Crippen LogP contribution in [-0.4, -0.2) is 42.5 Å². The number of amides is 1. The van der Waals surface area contributed by atoms with Gasteiger partial charge in [-0.05, 0) is 25.8 Å². The minimum absolute atomic E-state index is 0.0683. The first-order chi connectivity index (χ1) is 13.8. The van der Waals surface area contributed by atoms with Crippen molar-refractivity contribution in [2.24, 2.45) is 5.92 Å². The number of hydrogen-bond acceptors (Lipinski definition) is 6. The topological polar surface area (TPSA) is 74.6 Å². The molecule has 0 spiro atoms. The Morgan fingerprint density at radius 3 is 2.31 bits per heavy atom. The lowest BCUT2D eigenvalue weighted by Crippen LogP contribution is -2.25. The molecule has 1 heterocycles. The monoisotopic (exact) mass is 421 g/mol. The zero-order valence-electron chi connectivity index (χ0n) is 18.3. The second kappa shape index (κ2) is 10.4. The Hall–Kier alpha value is -2.35. The first kappa shape index (κ1) is 22.9. The summed E-state index contributed by atoms with van der Waals surface area (Å²) < 4.78 is 18.2.